The highest BCUT2D eigenvalue weighted by Crippen LogP contribution is 2.29. The molecule has 1 heterocycles. The second-order valence-electron chi connectivity index (χ2n) is 5.19. The number of benzene rings is 2. The van der Waals surface area contributed by atoms with Crippen LogP contribution in [0, 0.1) is 5.82 Å². The van der Waals surface area contributed by atoms with Crippen LogP contribution in [0.5, 0.6) is 11.5 Å². The first kappa shape index (κ1) is 16.7. The minimum atomic E-state index is -0.591. The van der Waals surface area contributed by atoms with Crippen LogP contribution >= 0.6 is 0 Å². The first-order chi connectivity index (χ1) is 12.1. The second-order valence-corrected chi connectivity index (χ2v) is 5.19. The summed E-state index contributed by atoms with van der Waals surface area (Å²) in [5, 5.41) is 0. The third kappa shape index (κ3) is 3.68. The van der Waals surface area contributed by atoms with Crippen molar-refractivity contribution >= 4 is 17.9 Å². The first-order valence-electron chi connectivity index (χ1n) is 7.70. The van der Waals surface area contributed by atoms with E-state index in [9.17, 15) is 9.18 Å². The van der Waals surface area contributed by atoms with Crippen LogP contribution in [0.15, 0.2) is 53.2 Å². The lowest BCUT2D eigenvalue weighted by Gasteiger charge is -2.09. The number of halogens is 1. The molecule has 0 atom stereocenters. The topological polar surface area (TPSA) is 57.1 Å². The molecule has 1 aliphatic heterocycles. The number of carbonyl (C=O) groups excluding carboxylic acids is 1. The Labute approximate surface area is 144 Å². The van der Waals surface area contributed by atoms with Crippen molar-refractivity contribution in [3.05, 3.63) is 65.1 Å². The smallest absolute Gasteiger partial charge is 0.363 e. The highest BCUT2D eigenvalue weighted by atomic mass is 19.1. The van der Waals surface area contributed by atoms with E-state index < -0.39 is 11.8 Å². The van der Waals surface area contributed by atoms with E-state index >= 15 is 0 Å². The summed E-state index contributed by atoms with van der Waals surface area (Å²) in [6, 6.07) is 11.0. The monoisotopic (exact) mass is 341 g/mol. The number of rotatable bonds is 5. The number of nitrogens with zero attached hydrogens (tertiary/aromatic N) is 1. The zero-order chi connectivity index (χ0) is 17.8. The van der Waals surface area contributed by atoms with Crippen LogP contribution in [0.1, 0.15) is 18.1 Å². The molecule has 0 spiro atoms. The van der Waals surface area contributed by atoms with Crippen molar-refractivity contribution in [2.24, 2.45) is 4.99 Å². The molecule has 1 aliphatic rings. The van der Waals surface area contributed by atoms with Crippen LogP contribution in [-0.4, -0.2) is 25.6 Å². The molecule has 0 unspecified atom stereocenters. The molecule has 3 rings (SSSR count). The van der Waals surface area contributed by atoms with Crippen LogP contribution in [0.3, 0.4) is 0 Å². The molecule has 5 nitrogen and oxygen atoms in total. The van der Waals surface area contributed by atoms with Crippen molar-refractivity contribution in [2.75, 3.05) is 13.7 Å². The van der Waals surface area contributed by atoms with E-state index in [1.165, 1.54) is 18.2 Å². The van der Waals surface area contributed by atoms with Crippen molar-refractivity contribution in [3.63, 3.8) is 0 Å². The fraction of sp³-hybridized carbons (Fsp3) is 0.158. The number of carbonyl (C=O) groups is 1. The van der Waals surface area contributed by atoms with Gasteiger partial charge in [-0.2, -0.15) is 0 Å². The second kappa shape index (κ2) is 7.17. The normalized spacial score (nSPS) is 15.1. The molecule has 0 saturated carbocycles. The maximum atomic E-state index is 13.3. The molecule has 0 aliphatic carbocycles. The largest absolute Gasteiger partial charge is 0.493 e. The number of methoxy groups -OCH3 is 1. The Hall–Kier alpha value is -3.15. The maximum Gasteiger partial charge on any atom is 0.363 e. The van der Waals surface area contributed by atoms with Gasteiger partial charge < -0.3 is 14.2 Å². The molecule has 0 aromatic heterocycles. The molecule has 6 heteroatoms. The molecule has 0 bridgehead atoms. The molecule has 25 heavy (non-hydrogen) atoms. The summed E-state index contributed by atoms with van der Waals surface area (Å²) in [7, 11) is 1.54. The van der Waals surface area contributed by atoms with Crippen LogP contribution in [0.25, 0.3) is 6.08 Å². The van der Waals surface area contributed by atoms with E-state index in [1.807, 2.05) is 6.92 Å². The summed E-state index contributed by atoms with van der Waals surface area (Å²) in [6.45, 7) is 2.40. The molecule has 0 N–H and O–H groups in total. The highest BCUT2D eigenvalue weighted by molar-refractivity contribution is 6.12. The number of esters is 1. The maximum absolute atomic E-state index is 13.3. The zero-order valence-corrected chi connectivity index (χ0v) is 13.8. The van der Waals surface area contributed by atoms with Gasteiger partial charge in [0.05, 0.1) is 13.7 Å². The van der Waals surface area contributed by atoms with Crippen LogP contribution in [-0.2, 0) is 9.53 Å². The van der Waals surface area contributed by atoms with Gasteiger partial charge in [-0.25, -0.2) is 14.2 Å². The average molecular weight is 341 g/mol. The fourth-order valence-corrected chi connectivity index (χ4v) is 2.36. The molecule has 0 fully saturated rings. The summed E-state index contributed by atoms with van der Waals surface area (Å²) in [6.07, 6.45) is 1.58. The minimum absolute atomic E-state index is 0.0775. The molecule has 2 aromatic rings. The number of hydrogen-bond acceptors (Lipinski definition) is 5. The molecule has 0 radical (unpaired) electrons. The molecular weight excluding hydrogens is 325 g/mol. The minimum Gasteiger partial charge on any atom is -0.493 e. The standard InChI is InChI=1S/C19H16FNO4/c1-3-24-16-8-7-12(10-17(16)23-2)9-15-19(22)25-18(21-15)13-5-4-6-14(20)11-13/h4-11H,3H2,1-2H3/b15-9+. The van der Waals surface area contributed by atoms with Crippen molar-refractivity contribution < 1.29 is 23.4 Å². The molecule has 2 aromatic carbocycles. The van der Waals surface area contributed by atoms with Gasteiger partial charge in [-0.05, 0) is 48.9 Å². The number of hydrogen-bond donors (Lipinski definition) is 0. The van der Waals surface area contributed by atoms with Crippen LogP contribution in [0.2, 0.25) is 0 Å². The van der Waals surface area contributed by atoms with Crippen molar-refractivity contribution in [3.8, 4) is 11.5 Å². The van der Waals surface area contributed by atoms with E-state index in [0.29, 0.717) is 29.2 Å². The fourth-order valence-electron chi connectivity index (χ4n) is 2.36. The summed E-state index contributed by atoms with van der Waals surface area (Å²) >= 11 is 0. The Morgan fingerprint density at radius 2 is 2.04 bits per heavy atom. The van der Waals surface area contributed by atoms with E-state index in [2.05, 4.69) is 4.99 Å². The van der Waals surface area contributed by atoms with Crippen molar-refractivity contribution in [1.29, 1.82) is 0 Å². The molecular formula is C19H16FNO4. The Bertz CT molecular complexity index is 873. The van der Waals surface area contributed by atoms with Crippen LogP contribution in [0.4, 0.5) is 4.39 Å². The van der Waals surface area contributed by atoms with E-state index in [4.69, 9.17) is 14.2 Å². The SMILES string of the molecule is CCOc1ccc(/C=C2/N=C(c3cccc(F)c3)OC2=O)cc1OC. The molecule has 128 valence electrons. The van der Waals surface area contributed by atoms with Gasteiger partial charge in [-0.3, -0.25) is 0 Å². The number of ether oxygens (including phenoxy) is 3. The van der Waals surface area contributed by atoms with Gasteiger partial charge in [0.1, 0.15) is 5.82 Å². The first-order valence-corrected chi connectivity index (χ1v) is 7.70. The Morgan fingerprint density at radius 1 is 1.20 bits per heavy atom. The number of cyclic esters (lactones) is 1. The van der Waals surface area contributed by atoms with Crippen molar-refractivity contribution in [2.45, 2.75) is 6.92 Å². The summed E-state index contributed by atoms with van der Waals surface area (Å²) in [5.41, 5.74) is 1.24. The predicted octanol–water partition coefficient (Wildman–Crippen LogP) is 3.58. The summed E-state index contributed by atoms with van der Waals surface area (Å²) in [4.78, 5) is 16.2. The van der Waals surface area contributed by atoms with Gasteiger partial charge in [0.15, 0.2) is 17.2 Å². The quantitative estimate of drug-likeness (QED) is 0.616. The number of aliphatic imine (C=N–C) groups is 1. The lowest BCUT2D eigenvalue weighted by atomic mass is 10.1. The van der Waals surface area contributed by atoms with E-state index in [0.717, 1.165) is 0 Å². The zero-order valence-electron chi connectivity index (χ0n) is 13.8. The van der Waals surface area contributed by atoms with E-state index in [1.54, 1.807) is 37.5 Å². The van der Waals surface area contributed by atoms with Gasteiger partial charge in [-0.1, -0.05) is 12.1 Å². The van der Waals surface area contributed by atoms with Crippen molar-refractivity contribution in [1.82, 2.24) is 0 Å². The van der Waals surface area contributed by atoms with Gasteiger partial charge in [0.2, 0.25) is 5.90 Å². The predicted molar refractivity (Wildman–Crippen MR) is 91.2 cm³/mol. The summed E-state index contributed by atoms with van der Waals surface area (Å²) in [5.74, 6) is 0.229. The van der Waals surface area contributed by atoms with Gasteiger partial charge in [-0.15, -0.1) is 0 Å². The highest BCUT2D eigenvalue weighted by Gasteiger charge is 2.24. The molecule has 0 saturated heterocycles. The molecule has 0 amide bonds. The Balaban J connectivity index is 1.91. The average Bonchev–Trinajstić information content (AvgIpc) is 2.97. The van der Waals surface area contributed by atoms with Gasteiger partial charge >= 0.3 is 5.97 Å². The third-order valence-electron chi connectivity index (χ3n) is 3.48. The van der Waals surface area contributed by atoms with E-state index in [-0.39, 0.29) is 11.6 Å². The lowest BCUT2D eigenvalue weighted by molar-refractivity contribution is -0.129. The van der Waals surface area contributed by atoms with Gasteiger partial charge in [0.25, 0.3) is 0 Å². The Kier molecular flexibility index (Phi) is 4.79. The Morgan fingerprint density at radius 3 is 2.76 bits per heavy atom. The van der Waals surface area contributed by atoms with Gasteiger partial charge in [0, 0.05) is 5.56 Å². The third-order valence-corrected chi connectivity index (χ3v) is 3.48. The lowest BCUT2D eigenvalue weighted by Crippen LogP contribution is -2.05. The van der Waals surface area contributed by atoms with Crippen LogP contribution < -0.4 is 9.47 Å². The summed E-state index contributed by atoms with van der Waals surface area (Å²) < 4.78 is 29.2.